The minimum Gasteiger partial charge on any atom is -0.461 e. The summed E-state index contributed by atoms with van der Waals surface area (Å²) in [6.45, 7) is 7.59. The fraction of sp³-hybridized carbons (Fsp3) is 0.333. The molecule has 1 amide bonds. The van der Waals surface area contributed by atoms with Gasteiger partial charge in [-0.25, -0.2) is 4.79 Å². The van der Waals surface area contributed by atoms with Crippen LogP contribution in [0.2, 0.25) is 0 Å². The van der Waals surface area contributed by atoms with E-state index < -0.39 is 5.97 Å². The van der Waals surface area contributed by atoms with Crippen LogP contribution in [-0.2, 0) is 11.8 Å². The number of nitrogens with zero attached hydrogens (tertiary/aromatic N) is 1. The number of esters is 1. The van der Waals surface area contributed by atoms with Gasteiger partial charge in [-0.1, -0.05) is 15.9 Å². The summed E-state index contributed by atoms with van der Waals surface area (Å²) < 4.78 is 7.78. The third-order valence-electron chi connectivity index (χ3n) is 4.04. The topological polar surface area (TPSA) is 60.3 Å². The molecule has 2 rings (SSSR count). The van der Waals surface area contributed by atoms with E-state index in [9.17, 15) is 9.59 Å². The molecule has 2 aromatic rings. The molecule has 0 fully saturated rings. The Labute approximate surface area is 150 Å². The molecule has 0 unspecified atom stereocenters. The van der Waals surface area contributed by atoms with Crippen LogP contribution >= 0.6 is 15.9 Å². The molecular formula is C18H21BrN2O3. The fourth-order valence-corrected chi connectivity index (χ4v) is 2.96. The van der Waals surface area contributed by atoms with Crippen molar-refractivity contribution < 1.29 is 14.3 Å². The SMILES string of the molecule is CCOC(=O)c1c(C)c(C(=O)Nc2ccc(Br)c(C)c2)c(C)n1C. The van der Waals surface area contributed by atoms with E-state index in [2.05, 4.69) is 21.2 Å². The van der Waals surface area contributed by atoms with Crippen molar-refractivity contribution in [3.05, 3.63) is 50.8 Å². The molecule has 0 bridgehead atoms. The van der Waals surface area contributed by atoms with Gasteiger partial charge in [-0.15, -0.1) is 0 Å². The first-order chi connectivity index (χ1) is 11.3. The molecule has 5 nitrogen and oxygen atoms in total. The number of rotatable bonds is 4. The third-order valence-corrected chi connectivity index (χ3v) is 4.93. The zero-order valence-corrected chi connectivity index (χ0v) is 16.1. The van der Waals surface area contributed by atoms with Crippen LogP contribution in [0.25, 0.3) is 0 Å². The number of aromatic nitrogens is 1. The van der Waals surface area contributed by atoms with Crippen molar-refractivity contribution in [2.75, 3.05) is 11.9 Å². The number of amides is 1. The molecule has 0 aliphatic rings. The summed E-state index contributed by atoms with van der Waals surface area (Å²) in [6, 6.07) is 5.61. The number of nitrogens with one attached hydrogen (secondary N) is 1. The summed E-state index contributed by atoms with van der Waals surface area (Å²) in [5, 5.41) is 2.89. The standard InChI is InChI=1S/C18H21BrN2O3/c1-6-24-18(23)16-11(3)15(12(4)21(16)5)17(22)20-13-7-8-14(19)10(2)9-13/h7-9H,6H2,1-5H3,(H,20,22). The molecule has 6 heteroatoms. The van der Waals surface area contributed by atoms with Crippen LogP contribution in [0, 0.1) is 20.8 Å². The number of benzene rings is 1. The predicted octanol–water partition coefficient (Wildman–Crippen LogP) is 4.14. The van der Waals surface area contributed by atoms with Gasteiger partial charge in [-0.2, -0.15) is 0 Å². The summed E-state index contributed by atoms with van der Waals surface area (Å²) in [5.74, 6) is -0.656. The van der Waals surface area contributed by atoms with Gasteiger partial charge in [0.15, 0.2) is 0 Å². The molecule has 0 spiro atoms. The van der Waals surface area contributed by atoms with Crippen molar-refractivity contribution in [3.63, 3.8) is 0 Å². The largest absolute Gasteiger partial charge is 0.461 e. The quantitative estimate of drug-likeness (QED) is 0.795. The molecule has 0 saturated heterocycles. The summed E-state index contributed by atoms with van der Waals surface area (Å²) in [7, 11) is 1.76. The molecule has 1 aromatic carbocycles. The molecular weight excluding hydrogens is 372 g/mol. The van der Waals surface area contributed by atoms with Crippen LogP contribution in [0.5, 0.6) is 0 Å². The van der Waals surface area contributed by atoms with E-state index in [4.69, 9.17) is 4.74 Å². The van der Waals surface area contributed by atoms with Crippen LogP contribution in [0.1, 0.15) is 44.6 Å². The lowest BCUT2D eigenvalue weighted by atomic mass is 10.1. The van der Waals surface area contributed by atoms with Crippen LogP contribution < -0.4 is 5.32 Å². The number of ether oxygens (including phenoxy) is 1. The molecule has 1 N–H and O–H groups in total. The Kier molecular flexibility index (Phi) is 5.49. The average molecular weight is 393 g/mol. The normalized spacial score (nSPS) is 10.6. The number of carbonyl (C=O) groups is 2. The van der Waals surface area contributed by atoms with E-state index in [-0.39, 0.29) is 5.91 Å². The Bertz CT molecular complexity index is 809. The number of aryl methyl sites for hydroxylation is 1. The molecule has 0 aliphatic heterocycles. The fourth-order valence-electron chi connectivity index (χ4n) is 2.72. The molecule has 0 saturated carbocycles. The Hall–Kier alpha value is -2.08. The smallest absolute Gasteiger partial charge is 0.355 e. The maximum absolute atomic E-state index is 12.7. The van der Waals surface area contributed by atoms with Gasteiger partial charge in [0.1, 0.15) is 5.69 Å². The van der Waals surface area contributed by atoms with Gasteiger partial charge in [-0.3, -0.25) is 4.79 Å². The van der Waals surface area contributed by atoms with Crippen LogP contribution in [0.3, 0.4) is 0 Å². The Morgan fingerprint density at radius 3 is 2.50 bits per heavy atom. The van der Waals surface area contributed by atoms with Crippen LogP contribution in [-0.4, -0.2) is 23.1 Å². The van der Waals surface area contributed by atoms with Crippen LogP contribution in [0.4, 0.5) is 5.69 Å². The first-order valence-corrected chi connectivity index (χ1v) is 8.47. The number of carbonyl (C=O) groups excluding carboxylic acids is 2. The number of hydrogen-bond donors (Lipinski definition) is 1. The summed E-state index contributed by atoms with van der Waals surface area (Å²) >= 11 is 3.44. The highest BCUT2D eigenvalue weighted by atomic mass is 79.9. The molecule has 0 atom stereocenters. The summed E-state index contributed by atoms with van der Waals surface area (Å²) in [5.41, 5.74) is 4.00. The van der Waals surface area contributed by atoms with Gasteiger partial charge in [0.2, 0.25) is 0 Å². The number of anilines is 1. The van der Waals surface area contributed by atoms with Gasteiger partial charge in [-0.05, 0) is 57.0 Å². The number of hydrogen-bond acceptors (Lipinski definition) is 3. The maximum Gasteiger partial charge on any atom is 0.355 e. The highest BCUT2D eigenvalue weighted by Gasteiger charge is 2.25. The van der Waals surface area contributed by atoms with Gasteiger partial charge in [0.25, 0.3) is 5.91 Å². The minimum atomic E-state index is -0.417. The second kappa shape index (κ2) is 7.21. The van der Waals surface area contributed by atoms with Crippen molar-refractivity contribution in [1.29, 1.82) is 0 Å². The van der Waals surface area contributed by atoms with Crippen molar-refractivity contribution in [2.24, 2.45) is 7.05 Å². The zero-order chi connectivity index (χ0) is 18.0. The minimum absolute atomic E-state index is 0.238. The van der Waals surface area contributed by atoms with Gasteiger partial charge >= 0.3 is 5.97 Å². The second-order valence-corrected chi connectivity index (χ2v) is 6.49. The summed E-state index contributed by atoms with van der Waals surface area (Å²) in [6.07, 6.45) is 0. The lowest BCUT2D eigenvalue weighted by Gasteiger charge is -2.08. The molecule has 0 radical (unpaired) electrons. The van der Waals surface area contributed by atoms with E-state index in [0.29, 0.717) is 29.1 Å². The highest BCUT2D eigenvalue weighted by molar-refractivity contribution is 9.10. The first-order valence-electron chi connectivity index (χ1n) is 7.68. The molecule has 24 heavy (non-hydrogen) atoms. The Balaban J connectivity index is 2.37. The van der Waals surface area contributed by atoms with E-state index >= 15 is 0 Å². The predicted molar refractivity (Wildman–Crippen MR) is 97.7 cm³/mol. The van der Waals surface area contributed by atoms with E-state index in [1.807, 2.05) is 32.0 Å². The first kappa shape index (κ1) is 18.3. The van der Waals surface area contributed by atoms with E-state index in [1.165, 1.54) is 0 Å². The highest BCUT2D eigenvalue weighted by Crippen LogP contribution is 2.25. The van der Waals surface area contributed by atoms with Gasteiger partial charge in [0, 0.05) is 22.9 Å². The Morgan fingerprint density at radius 1 is 1.25 bits per heavy atom. The summed E-state index contributed by atoms with van der Waals surface area (Å²) in [4.78, 5) is 24.8. The Morgan fingerprint density at radius 2 is 1.92 bits per heavy atom. The average Bonchev–Trinajstić information content (AvgIpc) is 2.73. The lowest BCUT2D eigenvalue weighted by Crippen LogP contribution is -2.14. The monoisotopic (exact) mass is 392 g/mol. The van der Waals surface area contributed by atoms with E-state index in [1.54, 1.807) is 25.5 Å². The van der Waals surface area contributed by atoms with Crippen molar-refractivity contribution in [1.82, 2.24) is 4.57 Å². The van der Waals surface area contributed by atoms with Gasteiger partial charge in [0.05, 0.1) is 12.2 Å². The second-order valence-electron chi connectivity index (χ2n) is 5.63. The number of halogens is 1. The van der Waals surface area contributed by atoms with Crippen LogP contribution in [0.15, 0.2) is 22.7 Å². The van der Waals surface area contributed by atoms with Crippen molar-refractivity contribution in [3.8, 4) is 0 Å². The zero-order valence-electron chi connectivity index (χ0n) is 14.5. The lowest BCUT2D eigenvalue weighted by molar-refractivity contribution is 0.0514. The van der Waals surface area contributed by atoms with Gasteiger partial charge < -0.3 is 14.6 Å². The van der Waals surface area contributed by atoms with Crippen molar-refractivity contribution >= 4 is 33.5 Å². The third kappa shape index (κ3) is 3.38. The molecule has 1 heterocycles. The maximum atomic E-state index is 12.7. The molecule has 0 aliphatic carbocycles. The van der Waals surface area contributed by atoms with Crippen molar-refractivity contribution in [2.45, 2.75) is 27.7 Å². The molecule has 128 valence electrons. The molecule has 1 aromatic heterocycles. The van der Waals surface area contributed by atoms with E-state index in [0.717, 1.165) is 15.7 Å².